The van der Waals surface area contributed by atoms with Crippen LogP contribution < -0.4 is 10.6 Å². The van der Waals surface area contributed by atoms with E-state index in [0.717, 1.165) is 29.6 Å². The first-order valence-corrected chi connectivity index (χ1v) is 9.74. The number of allylic oxidation sites excluding steroid dienone is 1. The van der Waals surface area contributed by atoms with Crippen molar-refractivity contribution < 1.29 is 21.9 Å². The Balaban J connectivity index is 0.00000120. The van der Waals surface area contributed by atoms with Gasteiger partial charge in [-0.2, -0.15) is 0 Å². The molecule has 6 heteroatoms. The average Bonchev–Trinajstić information content (AvgIpc) is 3.23. The first-order chi connectivity index (χ1) is 13.1. The van der Waals surface area contributed by atoms with Crippen molar-refractivity contribution in [2.45, 2.75) is 50.5 Å². The topological polar surface area (TPSA) is 76.7 Å². The maximum atomic E-state index is 12.9. The van der Waals surface area contributed by atoms with E-state index in [-0.39, 0.29) is 44.9 Å². The summed E-state index contributed by atoms with van der Waals surface area (Å²) in [6, 6.07) is 7.83. The molecule has 1 saturated carbocycles. The first kappa shape index (κ1) is 17.0. The van der Waals surface area contributed by atoms with Gasteiger partial charge in [-0.05, 0) is 36.5 Å². The number of hydrogen-bond acceptors (Lipinski definition) is 4. The van der Waals surface area contributed by atoms with Crippen molar-refractivity contribution in [1.82, 2.24) is 10.6 Å². The van der Waals surface area contributed by atoms with Gasteiger partial charge in [0.25, 0.3) is 0 Å². The van der Waals surface area contributed by atoms with Crippen LogP contribution in [0.25, 0.3) is 5.57 Å². The zero-order valence-corrected chi connectivity index (χ0v) is 15.4. The molecule has 6 nitrogen and oxygen atoms in total. The largest absolute Gasteiger partial charge is 0.371 e. The molecule has 0 spiro atoms. The molecule has 3 fully saturated rings. The smallest absolute Gasteiger partial charge is 0.248 e. The van der Waals surface area contributed by atoms with Crippen LogP contribution in [-0.4, -0.2) is 49.3 Å². The molecular formula is C21H28N2O4. The molecule has 2 heterocycles. The van der Waals surface area contributed by atoms with Gasteiger partial charge in [-0.15, -0.1) is 0 Å². The molecule has 4 atom stereocenters. The van der Waals surface area contributed by atoms with Crippen molar-refractivity contribution in [3.05, 3.63) is 41.0 Å². The Morgan fingerprint density at radius 3 is 2.37 bits per heavy atom. The van der Waals surface area contributed by atoms with E-state index in [0.29, 0.717) is 19.6 Å². The van der Waals surface area contributed by atoms with Gasteiger partial charge in [-0.3, -0.25) is 9.59 Å². The molecule has 0 aromatic heterocycles. The molecule has 2 amide bonds. The summed E-state index contributed by atoms with van der Waals surface area (Å²) in [5.74, 6) is 0.219. The standard InChI is InChI=1S/C21H24N2O4.2H2/c1-11-14-5-3-2-4-13(14)8-15(11)21(25)23-17-10-27-18-16(9-26-19(17)18)22-20(24)12-6-7-12;;/h2-5,12,16-19H,6-10H2,1H3,(H,22,24)(H,23,25);2*1H/t16-,17-,18+,19+;;/m0../s1. The van der Waals surface area contributed by atoms with Crippen LogP contribution in [0.3, 0.4) is 0 Å². The first-order valence-electron chi connectivity index (χ1n) is 9.74. The molecule has 4 aliphatic rings. The maximum absolute atomic E-state index is 12.9. The molecule has 1 aromatic rings. The number of carbonyl (C=O) groups is 2. The minimum absolute atomic E-state index is 0. The van der Waals surface area contributed by atoms with Crippen LogP contribution in [0.2, 0.25) is 0 Å². The predicted octanol–water partition coefficient (Wildman–Crippen LogP) is 1.69. The monoisotopic (exact) mass is 372 g/mol. The van der Waals surface area contributed by atoms with E-state index < -0.39 is 0 Å². The minimum Gasteiger partial charge on any atom is -0.371 e. The van der Waals surface area contributed by atoms with Crippen LogP contribution in [0.5, 0.6) is 0 Å². The zero-order valence-electron chi connectivity index (χ0n) is 15.4. The molecule has 0 bridgehead atoms. The molecule has 146 valence electrons. The lowest BCUT2D eigenvalue weighted by atomic mass is 10.0. The molecule has 2 N–H and O–H groups in total. The van der Waals surface area contributed by atoms with Crippen LogP contribution in [0.1, 0.15) is 33.7 Å². The number of fused-ring (bicyclic) bond motifs is 2. The Morgan fingerprint density at radius 2 is 1.70 bits per heavy atom. The van der Waals surface area contributed by atoms with E-state index in [9.17, 15) is 9.59 Å². The summed E-state index contributed by atoms with van der Waals surface area (Å²) in [6.45, 7) is 2.85. The lowest BCUT2D eigenvalue weighted by molar-refractivity contribution is -0.123. The fraction of sp³-hybridized carbons (Fsp3) is 0.524. The molecule has 27 heavy (non-hydrogen) atoms. The van der Waals surface area contributed by atoms with Crippen molar-refractivity contribution in [3.63, 3.8) is 0 Å². The molecule has 5 rings (SSSR count). The molecule has 2 aliphatic heterocycles. The van der Waals surface area contributed by atoms with Gasteiger partial charge in [0.05, 0.1) is 25.3 Å². The van der Waals surface area contributed by atoms with Crippen molar-refractivity contribution in [2.24, 2.45) is 5.92 Å². The number of ether oxygens (including phenoxy) is 2. The fourth-order valence-electron chi connectivity index (χ4n) is 4.42. The number of hydrogen-bond donors (Lipinski definition) is 2. The third-order valence-corrected chi connectivity index (χ3v) is 6.16. The van der Waals surface area contributed by atoms with Crippen molar-refractivity contribution in [3.8, 4) is 0 Å². The van der Waals surface area contributed by atoms with Gasteiger partial charge >= 0.3 is 0 Å². The highest BCUT2D eigenvalue weighted by Crippen LogP contribution is 2.34. The Bertz CT molecular complexity index is 840. The van der Waals surface area contributed by atoms with Gasteiger partial charge in [-0.1, -0.05) is 24.3 Å². The van der Waals surface area contributed by atoms with Crippen molar-refractivity contribution in [2.75, 3.05) is 13.2 Å². The number of carbonyl (C=O) groups excluding carboxylic acids is 2. The molecular weight excluding hydrogens is 344 g/mol. The molecule has 0 unspecified atom stereocenters. The minimum atomic E-state index is -0.205. The molecule has 0 radical (unpaired) electrons. The van der Waals surface area contributed by atoms with E-state index in [2.05, 4.69) is 22.8 Å². The van der Waals surface area contributed by atoms with Gasteiger partial charge in [0.2, 0.25) is 11.8 Å². The van der Waals surface area contributed by atoms with Gasteiger partial charge in [-0.25, -0.2) is 0 Å². The Morgan fingerprint density at radius 1 is 1.04 bits per heavy atom. The lowest BCUT2D eigenvalue weighted by Gasteiger charge is -2.19. The summed E-state index contributed by atoms with van der Waals surface area (Å²) in [4.78, 5) is 24.9. The third-order valence-electron chi connectivity index (χ3n) is 6.16. The summed E-state index contributed by atoms with van der Waals surface area (Å²) in [7, 11) is 0. The average molecular weight is 372 g/mol. The Hall–Kier alpha value is -2.18. The number of benzene rings is 1. The summed E-state index contributed by atoms with van der Waals surface area (Å²) in [5.41, 5.74) is 4.21. The Labute approximate surface area is 161 Å². The summed E-state index contributed by atoms with van der Waals surface area (Å²) in [5, 5.41) is 6.16. The van der Waals surface area contributed by atoms with E-state index in [4.69, 9.17) is 9.47 Å². The highest BCUT2D eigenvalue weighted by atomic mass is 16.6. The quantitative estimate of drug-likeness (QED) is 0.843. The van der Waals surface area contributed by atoms with E-state index in [1.807, 2.05) is 19.1 Å². The third kappa shape index (κ3) is 2.97. The number of rotatable bonds is 4. The van der Waals surface area contributed by atoms with E-state index in [1.165, 1.54) is 5.56 Å². The van der Waals surface area contributed by atoms with Crippen LogP contribution >= 0.6 is 0 Å². The van der Waals surface area contributed by atoms with Crippen LogP contribution in [-0.2, 0) is 25.5 Å². The van der Waals surface area contributed by atoms with Crippen LogP contribution in [0.15, 0.2) is 29.8 Å². The van der Waals surface area contributed by atoms with Gasteiger partial charge in [0.1, 0.15) is 12.2 Å². The second-order valence-corrected chi connectivity index (χ2v) is 8.00. The van der Waals surface area contributed by atoms with Gasteiger partial charge < -0.3 is 20.1 Å². The number of amides is 2. The summed E-state index contributed by atoms with van der Waals surface area (Å²) in [6.07, 6.45) is 2.22. The van der Waals surface area contributed by atoms with E-state index in [1.54, 1.807) is 0 Å². The van der Waals surface area contributed by atoms with Crippen LogP contribution in [0.4, 0.5) is 0 Å². The maximum Gasteiger partial charge on any atom is 0.248 e. The van der Waals surface area contributed by atoms with Crippen molar-refractivity contribution >= 4 is 17.4 Å². The molecule has 1 aromatic carbocycles. The summed E-state index contributed by atoms with van der Waals surface area (Å²) < 4.78 is 11.8. The van der Waals surface area contributed by atoms with Crippen LogP contribution in [0, 0.1) is 5.92 Å². The molecule has 2 aliphatic carbocycles. The lowest BCUT2D eigenvalue weighted by Crippen LogP contribution is -2.47. The second kappa shape index (κ2) is 6.46. The predicted molar refractivity (Wildman–Crippen MR) is 103 cm³/mol. The van der Waals surface area contributed by atoms with Crippen molar-refractivity contribution in [1.29, 1.82) is 0 Å². The normalized spacial score (nSPS) is 31.6. The molecule has 2 saturated heterocycles. The second-order valence-electron chi connectivity index (χ2n) is 8.00. The summed E-state index contributed by atoms with van der Waals surface area (Å²) >= 11 is 0. The number of nitrogens with one attached hydrogen (secondary N) is 2. The highest BCUT2D eigenvalue weighted by molar-refractivity contribution is 6.03. The van der Waals surface area contributed by atoms with Gasteiger partial charge in [0.15, 0.2) is 0 Å². The van der Waals surface area contributed by atoms with E-state index >= 15 is 0 Å². The zero-order chi connectivity index (χ0) is 18.5. The fourth-order valence-corrected chi connectivity index (χ4v) is 4.42. The van der Waals surface area contributed by atoms with Gasteiger partial charge in [0, 0.05) is 20.8 Å². The highest BCUT2D eigenvalue weighted by Gasteiger charge is 2.49. The SMILES string of the molecule is CC1=C(C(=O)N[C@H]2CO[C@H]3[C@@H]2OC[C@@H]3NC(=O)C2CC2)Cc2ccccc21.[HH].[HH]. The Kier molecular flexibility index (Phi) is 4.06.